The first-order valence-electron chi connectivity index (χ1n) is 4.60. The minimum absolute atomic E-state index is 0.361. The Hall–Kier alpha value is -0.890. The molecule has 1 aromatic carbocycles. The number of halogens is 2. The van der Waals surface area contributed by atoms with E-state index in [4.69, 9.17) is 11.6 Å². The predicted octanol–water partition coefficient (Wildman–Crippen LogP) is 3.47. The van der Waals surface area contributed by atoms with E-state index in [1.165, 1.54) is 6.07 Å². The molecular formula is C11H12ClFO. The van der Waals surface area contributed by atoms with Crippen LogP contribution in [0.1, 0.15) is 31.2 Å². The van der Waals surface area contributed by atoms with Gasteiger partial charge in [-0.15, -0.1) is 0 Å². The van der Waals surface area contributed by atoms with Crippen LogP contribution in [0.3, 0.4) is 0 Å². The Morgan fingerprint density at radius 3 is 2.64 bits per heavy atom. The molecule has 1 nitrogen and oxygen atoms in total. The first-order chi connectivity index (χ1) is 6.66. The summed E-state index contributed by atoms with van der Waals surface area (Å²) >= 11 is 5.42. The fourth-order valence-corrected chi connectivity index (χ4v) is 1.66. The molecule has 0 aliphatic carbocycles. The van der Waals surface area contributed by atoms with E-state index in [9.17, 15) is 9.18 Å². The van der Waals surface area contributed by atoms with Crippen molar-refractivity contribution in [3.63, 3.8) is 0 Å². The van der Waals surface area contributed by atoms with Crippen LogP contribution < -0.4 is 0 Å². The second-order valence-corrected chi connectivity index (χ2v) is 3.54. The summed E-state index contributed by atoms with van der Waals surface area (Å²) in [6.45, 7) is 1.94. The van der Waals surface area contributed by atoms with Crippen molar-refractivity contribution in [3.05, 3.63) is 35.6 Å². The molecule has 0 radical (unpaired) electrons. The van der Waals surface area contributed by atoms with E-state index >= 15 is 0 Å². The molecule has 0 spiro atoms. The zero-order valence-corrected chi connectivity index (χ0v) is 8.72. The molecule has 3 heteroatoms. The summed E-state index contributed by atoms with van der Waals surface area (Å²) in [5.74, 6) is -0.872. The van der Waals surface area contributed by atoms with Crippen LogP contribution >= 0.6 is 11.6 Å². The molecule has 0 amide bonds. The lowest BCUT2D eigenvalue weighted by atomic mass is 9.95. The maximum absolute atomic E-state index is 13.3. The minimum atomic E-state index is -0.511. The van der Waals surface area contributed by atoms with Crippen LogP contribution in [0.5, 0.6) is 0 Å². The first-order valence-corrected chi connectivity index (χ1v) is 4.98. The van der Waals surface area contributed by atoms with Gasteiger partial charge in [-0.2, -0.15) is 0 Å². The van der Waals surface area contributed by atoms with Crippen molar-refractivity contribution in [2.24, 2.45) is 0 Å². The average Bonchev–Trinajstić information content (AvgIpc) is 2.15. The standard InChI is InChI=1S/C11H12ClFO/c1-2-5-9(11(12)14)8-6-3-4-7-10(8)13/h3-4,6-7,9H,2,5H2,1H3. The lowest BCUT2D eigenvalue weighted by Gasteiger charge is -2.12. The lowest BCUT2D eigenvalue weighted by Crippen LogP contribution is -2.08. The van der Waals surface area contributed by atoms with Gasteiger partial charge in [0.2, 0.25) is 5.24 Å². The fourth-order valence-electron chi connectivity index (χ4n) is 1.44. The van der Waals surface area contributed by atoms with Gasteiger partial charge in [-0.3, -0.25) is 4.79 Å². The number of benzene rings is 1. The molecule has 14 heavy (non-hydrogen) atoms. The Labute approximate surface area is 87.9 Å². The van der Waals surface area contributed by atoms with Gasteiger partial charge < -0.3 is 0 Å². The predicted molar refractivity (Wildman–Crippen MR) is 54.9 cm³/mol. The highest BCUT2D eigenvalue weighted by Crippen LogP contribution is 2.25. The molecule has 1 atom stereocenters. The van der Waals surface area contributed by atoms with E-state index in [1.54, 1.807) is 18.2 Å². The second-order valence-electron chi connectivity index (χ2n) is 3.17. The van der Waals surface area contributed by atoms with Crippen molar-refractivity contribution in [2.75, 3.05) is 0 Å². The molecule has 0 aliphatic rings. The SMILES string of the molecule is CCCC(C(=O)Cl)c1ccccc1F. The summed E-state index contributed by atoms with van der Waals surface area (Å²) in [7, 11) is 0. The van der Waals surface area contributed by atoms with Gasteiger partial charge in [0.15, 0.2) is 0 Å². The van der Waals surface area contributed by atoms with Crippen LogP contribution in [0.2, 0.25) is 0 Å². The van der Waals surface area contributed by atoms with E-state index in [2.05, 4.69) is 0 Å². The van der Waals surface area contributed by atoms with Crippen molar-refractivity contribution in [1.29, 1.82) is 0 Å². The third-order valence-electron chi connectivity index (χ3n) is 2.13. The van der Waals surface area contributed by atoms with Gasteiger partial charge in [0, 0.05) is 0 Å². The van der Waals surface area contributed by atoms with Crippen molar-refractivity contribution in [2.45, 2.75) is 25.7 Å². The first kappa shape index (κ1) is 11.2. The summed E-state index contributed by atoms with van der Waals surface area (Å²) in [6, 6.07) is 6.26. The highest BCUT2D eigenvalue weighted by atomic mass is 35.5. The van der Waals surface area contributed by atoms with Crippen molar-refractivity contribution < 1.29 is 9.18 Å². The van der Waals surface area contributed by atoms with Gasteiger partial charge in [-0.1, -0.05) is 31.5 Å². The molecule has 1 rings (SSSR count). The van der Waals surface area contributed by atoms with Gasteiger partial charge in [-0.25, -0.2) is 4.39 Å². The van der Waals surface area contributed by atoms with E-state index < -0.39 is 11.2 Å². The third-order valence-corrected chi connectivity index (χ3v) is 2.40. The Kier molecular flexibility index (Phi) is 4.08. The van der Waals surface area contributed by atoms with E-state index in [0.29, 0.717) is 12.0 Å². The zero-order chi connectivity index (χ0) is 10.6. The van der Waals surface area contributed by atoms with Crippen molar-refractivity contribution >= 4 is 16.8 Å². The topological polar surface area (TPSA) is 17.1 Å². The molecule has 0 heterocycles. The molecule has 1 unspecified atom stereocenters. The zero-order valence-electron chi connectivity index (χ0n) is 7.97. The van der Waals surface area contributed by atoms with Gasteiger partial charge in [0.25, 0.3) is 0 Å². The number of hydrogen-bond donors (Lipinski definition) is 0. The largest absolute Gasteiger partial charge is 0.281 e. The van der Waals surface area contributed by atoms with Crippen LogP contribution in [-0.4, -0.2) is 5.24 Å². The summed E-state index contributed by atoms with van der Waals surface area (Å²) in [5.41, 5.74) is 0.398. The average molecular weight is 215 g/mol. The Morgan fingerprint density at radius 1 is 1.50 bits per heavy atom. The van der Waals surface area contributed by atoms with Gasteiger partial charge in [0.1, 0.15) is 5.82 Å². The van der Waals surface area contributed by atoms with Gasteiger partial charge in [-0.05, 0) is 29.7 Å². The summed E-state index contributed by atoms with van der Waals surface area (Å²) < 4.78 is 13.3. The van der Waals surface area contributed by atoms with Gasteiger partial charge >= 0.3 is 0 Å². The molecule has 0 fully saturated rings. The molecule has 1 aromatic rings. The summed E-state index contributed by atoms with van der Waals surface area (Å²) in [4.78, 5) is 11.1. The number of rotatable bonds is 4. The molecular weight excluding hydrogens is 203 g/mol. The number of hydrogen-bond acceptors (Lipinski definition) is 1. The Morgan fingerprint density at radius 2 is 2.14 bits per heavy atom. The third kappa shape index (κ3) is 2.55. The molecule has 0 aliphatic heterocycles. The number of carbonyl (C=O) groups is 1. The maximum atomic E-state index is 13.3. The van der Waals surface area contributed by atoms with Gasteiger partial charge in [0.05, 0.1) is 5.92 Å². The summed E-state index contributed by atoms with van der Waals surface area (Å²) in [6.07, 6.45) is 1.39. The van der Waals surface area contributed by atoms with Crippen LogP contribution in [0, 0.1) is 5.82 Å². The van der Waals surface area contributed by atoms with Crippen molar-refractivity contribution in [3.8, 4) is 0 Å². The molecule has 0 aromatic heterocycles. The van der Waals surface area contributed by atoms with E-state index in [-0.39, 0.29) is 5.82 Å². The van der Waals surface area contributed by atoms with E-state index in [0.717, 1.165) is 6.42 Å². The summed E-state index contributed by atoms with van der Waals surface area (Å²) in [5, 5.41) is -0.489. The molecule has 76 valence electrons. The smallest absolute Gasteiger partial charge is 0.229 e. The fraction of sp³-hybridized carbons (Fsp3) is 0.364. The lowest BCUT2D eigenvalue weighted by molar-refractivity contribution is -0.113. The minimum Gasteiger partial charge on any atom is -0.281 e. The monoisotopic (exact) mass is 214 g/mol. The molecule has 0 saturated carbocycles. The van der Waals surface area contributed by atoms with Crippen LogP contribution in [0.25, 0.3) is 0 Å². The van der Waals surface area contributed by atoms with Crippen LogP contribution in [-0.2, 0) is 4.79 Å². The van der Waals surface area contributed by atoms with E-state index in [1.807, 2.05) is 6.92 Å². The molecule has 0 bridgehead atoms. The Balaban J connectivity index is 2.99. The normalized spacial score (nSPS) is 12.5. The second kappa shape index (κ2) is 5.11. The molecule has 0 saturated heterocycles. The quantitative estimate of drug-likeness (QED) is 0.702. The highest BCUT2D eigenvalue weighted by molar-refractivity contribution is 6.64. The molecule has 0 N–H and O–H groups in total. The van der Waals surface area contributed by atoms with Crippen LogP contribution in [0.15, 0.2) is 24.3 Å². The number of carbonyl (C=O) groups excluding carboxylic acids is 1. The highest BCUT2D eigenvalue weighted by Gasteiger charge is 2.20. The Bertz CT molecular complexity index is 325. The van der Waals surface area contributed by atoms with Crippen LogP contribution in [0.4, 0.5) is 4.39 Å². The van der Waals surface area contributed by atoms with Crippen molar-refractivity contribution in [1.82, 2.24) is 0 Å². The maximum Gasteiger partial charge on any atom is 0.229 e.